The van der Waals surface area contributed by atoms with Crippen LogP contribution in [0, 0.1) is 0 Å². The van der Waals surface area contributed by atoms with Crippen molar-refractivity contribution in [1.82, 2.24) is 30.0 Å². The number of hydrogen-bond donors (Lipinski definition) is 2. The molecule has 0 aliphatic rings. The molecule has 26 heteroatoms. The van der Waals surface area contributed by atoms with Gasteiger partial charge < -0.3 is 37.7 Å². The van der Waals surface area contributed by atoms with Gasteiger partial charge in [0, 0.05) is 38.1 Å². The molecule has 2 aromatic heterocycles. The van der Waals surface area contributed by atoms with E-state index in [4.69, 9.17) is 37.0 Å². The van der Waals surface area contributed by atoms with Crippen molar-refractivity contribution in [3.63, 3.8) is 0 Å². The first-order valence-electron chi connectivity index (χ1n) is 40.3. The maximum absolute atomic E-state index is 13.0. The summed E-state index contributed by atoms with van der Waals surface area (Å²) in [7, 11) is 2.74. The molecule has 1 aromatic carbocycles. The first-order valence-corrected chi connectivity index (χ1v) is 43.3. The molecular formula is C78H142N8O16P2+2. The van der Waals surface area contributed by atoms with E-state index in [0.29, 0.717) is 60.8 Å². The Bertz CT molecular complexity index is 2590. The Morgan fingerprint density at radius 1 is 0.385 bits per heavy atom. The Labute approximate surface area is 626 Å². The maximum atomic E-state index is 13.0. The normalized spacial score (nSPS) is 13.7. The molecule has 0 amide bonds. The third-order valence-electron chi connectivity index (χ3n) is 18.3. The van der Waals surface area contributed by atoms with Crippen LogP contribution in [0.2, 0.25) is 0 Å². The van der Waals surface area contributed by atoms with Gasteiger partial charge in [0.05, 0.1) is 80.0 Å². The standard InChI is InChI=1S/C78H140N8O16P2/c1-9-11-13-15-17-19-21-23-25-27-29-37-43-49-75(87)95-65-73(67-99-103(91,92)97-59-57-85(3,4)5)101-77(89)51-45-39-33-31-35-41-47-71-63-83(81-79-71)61-69-53-55-70(56-54-69)62-84-64-72(80-82-84)48-42-36-32-34-40-46-52-78(90)102-74(68-100-104(93,94)98-60-58-86(6,7)8)66-96-76(88)50-44-38-30-28-26-24-22-20-18-16-14-12-10-2/h53-56,63-64,73-74H,9-52,57-62,65-68H2,1-8H3/p+2/t73-,74-/m1/s1. The van der Waals surface area contributed by atoms with Gasteiger partial charge >= 0.3 is 39.5 Å². The number of phosphoric ester groups is 2. The molecule has 2 unspecified atom stereocenters. The van der Waals surface area contributed by atoms with Crippen LogP contribution in [0.5, 0.6) is 0 Å². The highest BCUT2D eigenvalue weighted by Crippen LogP contribution is 2.44. The van der Waals surface area contributed by atoms with Crippen molar-refractivity contribution in [2.45, 2.75) is 322 Å². The number of hydrogen-bond acceptors (Lipinski definition) is 18. The summed E-state index contributed by atoms with van der Waals surface area (Å²) < 4.78 is 73.1. The maximum Gasteiger partial charge on any atom is 0.472 e. The first-order chi connectivity index (χ1) is 49.9. The molecule has 0 spiro atoms. The van der Waals surface area contributed by atoms with Crippen LogP contribution in [-0.4, -0.2) is 180 Å². The van der Waals surface area contributed by atoms with Gasteiger partial charge in [-0.1, -0.05) is 254 Å². The molecule has 0 radical (unpaired) electrons. The quantitative estimate of drug-likeness (QED) is 0.0175. The van der Waals surface area contributed by atoms with E-state index in [0.717, 1.165) is 138 Å². The first kappa shape index (κ1) is 93.7. The van der Waals surface area contributed by atoms with Crippen molar-refractivity contribution in [3.05, 3.63) is 59.2 Å². The van der Waals surface area contributed by atoms with Gasteiger partial charge in [0.1, 0.15) is 39.5 Å². The highest BCUT2D eigenvalue weighted by atomic mass is 31.2. The lowest BCUT2D eigenvalue weighted by Crippen LogP contribution is -2.37. The predicted octanol–water partition coefficient (Wildman–Crippen LogP) is 17.1. The van der Waals surface area contributed by atoms with Crippen molar-refractivity contribution >= 4 is 39.5 Å². The molecule has 4 atom stereocenters. The van der Waals surface area contributed by atoms with Crippen LogP contribution in [0.4, 0.5) is 0 Å². The molecule has 0 fully saturated rings. The van der Waals surface area contributed by atoms with Crippen molar-refractivity contribution in [1.29, 1.82) is 0 Å². The van der Waals surface area contributed by atoms with E-state index in [1.807, 2.05) is 64.0 Å². The number of quaternary nitrogens is 2. The summed E-state index contributed by atoms with van der Waals surface area (Å²) in [4.78, 5) is 71.9. The fourth-order valence-electron chi connectivity index (χ4n) is 11.9. The lowest BCUT2D eigenvalue weighted by molar-refractivity contribution is -0.870. The molecule has 2 heterocycles. The molecule has 104 heavy (non-hydrogen) atoms. The number of aromatic nitrogens is 6. The minimum atomic E-state index is -4.44. The largest absolute Gasteiger partial charge is 0.472 e. The number of aryl methyl sites for hydroxylation is 2. The summed E-state index contributed by atoms with van der Waals surface area (Å²) >= 11 is 0. The third-order valence-corrected chi connectivity index (χ3v) is 20.3. The average molecular weight is 1510 g/mol. The molecule has 0 bridgehead atoms. The molecule has 0 aliphatic heterocycles. The van der Waals surface area contributed by atoms with Crippen molar-refractivity contribution in [2.75, 3.05) is 95.0 Å². The van der Waals surface area contributed by atoms with E-state index < -0.39 is 64.9 Å². The van der Waals surface area contributed by atoms with E-state index in [1.54, 1.807) is 0 Å². The predicted molar refractivity (Wildman–Crippen MR) is 408 cm³/mol. The zero-order chi connectivity index (χ0) is 75.8. The van der Waals surface area contributed by atoms with Crippen LogP contribution >= 0.6 is 15.6 Å². The lowest BCUT2D eigenvalue weighted by atomic mass is 10.0. The van der Waals surface area contributed by atoms with Crippen molar-refractivity contribution < 1.29 is 84.1 Å². The topological polar surface area (TPSA) is 278 Å². The number of unbranched alkanes of at least 4 members (excludes halogenated alkanes) is 34. The molecule has 0 saturated carbocycles. The Balaban J connectivity index is 1.28. The summed E-state index contributed by atoms with van der Waals surface area (Å²) in [5, 5.41) is 17.6. The van der Waals surface area contributed by atoms with Crippen molar-refractivity contribution in [3.8, 4) is 0 Å². The summed E-state index contributed by atoms with van der Waals surface area (Å²) in [5.74, 6) is -1.77. The third kappa shape index (κ3) is 54.2. The van der Waals surface area contributed by atoms with E-state index >= 15 is 0 Å². The summed E-state index contributed by atoms with van der Waals surface area (Å²) in [5.41, 5.74) is 4.10. The molecule has 598 valence electrons. The molecular weight excluding hydrogens is 1370 g/mol. The molecule has 2 N–H and O–H groups in total. The minimum Gasteiger partial charge on any atom is -0.462 e. The number of rotatable bonds is 70. The van der Waals surface area contributed by atoms with Crippen LogP contribution < -0.4 is 0 Å². The Hall–Kier alpha value is -4.48. The smallest absolute Gasteiger partial charge is 0.462 e. The number of carbonyl (C=O) groups excluding carboxylic acids is 4. The van der Waals surface area contributed by atoms with Gasteiger partial charge in [-0.25, -0.2) is 18.5 Å². The van der Waals surface area contributed by atoms with Crippen LogP contribution in [0.25, 0.3) is 0 Å². The van der Waals surface area contributed by atoms with Crippen LogP contribution in [0.3, 0.4) is 0 Å². The molecule has 0 aliphatic carbocycles. The van der Waals surface area contributed by atoms with E-state index in [1.165, 1.54) is 116 Å². The number of esters is 4. The number of nitrogens with zero attached hydrogens (tertiary/aromatic N) is 8. The van der Waals surface area contributed by atoms with Crippen LogP contribution in [-0.2, 0) is 91.3 Å². The van der Waals surface area contributed by atoms with E-state index in [-0.39, 0.29) is 52.1 Å². The molecule has 3 aromatic rings. The number of carbonyl (C=O) groups is 4. The van der Waals surface area contributed by atoms with Gasteiger partial charge in [-0.2, -0.15) is 0 Å². The number of phosphoric acid groups is 2. The summed E-state index contributed by atoms with van der Waals surface area (Å²) in [6.45, 7) is 5.19. The second kappa shape index (κ2) is 57.6. The minimum absolute atomic E-state index is 0.00256. The SMILES string of the molecule is CCCCCCCCCCCCCCCC(=O)OC[C@H](COP(=O)(O)OCC[N+](C)(C)C)OC(=O)CCCCCCCCc1cn(Cc2ccc(Cn3cc(CCCCCCCCC(=O)O[C@H](COC(=O)CCCCCCCCCCCCCCC)COP(=O)(O)OCC[N+](C)(C)C)nn3)cc2)nn1. The van der Waals surface area contributed by atoms with Gasteiger partial charge in [0.25, 0.3) is 0 Å². The summed E-state index contributed by atoms with van der Waals surface area (Å²) in [6.07, 6.45) is 46.4. The van der Waals surface area contributed by atoms with E-state index in [9.17, 15) is 38.1 Å². The number of ether oxygens (including phenoxy) is 4. The van der Waals surface area contributed by atoms with Crippen LogP contribution in [0.15, 0.2) is 36.7 Å². The monoisotopic (exact) mass is 1510 g/mol. The number of benzene rings is 1. The molecule has 0 saturated heterocycles. The second-order valence-corrected chi connectivity index (χ2v) is 33.6. The average Bonchev–Trinajstić information content (AvgIpc) is 1.69. The fraction of sp³-hybridized carbons (Fsp3) is 0.821. The zero-order valence-electron chi connectivity index (χ0n) is 65.9. The van der Waals surface area contributed by atoms with Crippen molar-refractivity contribution in [2.24, 2.45) is 0 Å². The molecule has 3 rings (SSSR count). The van der Waals surface area contributed by atoms with Gasteiger partial charge in [-0.3, -0.25) is 37.3 Å². The second-order valence-electron chi connectivity index (χ2n) is 30.7. The van der Waals surface area contributed by atoms with E-state index in [2.05, 4.69) is 58.7 Å². The molecule has 24 nitrogen and oxygen atoms in total. The highest BCUT2D eigenvalue weighted by molar-refractivity contribution is 7.47. The van der Waals surface area contributed by atoms with Gasteiger partial charge in [0.2, 0.25) is 0 Å². The van der Waals surface area contributed by atoms with Gasteiger partial charge in [-0.15, -0.1) is 10.2 Å². The number of likely N-dealkylation sites (N-methyl/N-ethyl adjacent to an activating group) is 2. The van der Waals surface area contributed by atoms with Gasteiger partial charge in [-0.05, 0) is 62.5 Å². The summed E-state index contributed by atoms with van der Waals surface area (Å²) in [6, 6.07) is 8.39. The van der Waals surface area contributed by atoms with Crippen LogP contribution in [0.1, 0.15) is 306 Å². The zero-order valence-corrected chi connectivity index (χ0v) is 67.7. The Morgan fingerprint density at radius 2 is 0.654 bits per heavy atom. The fourth-order valence-corrected chi connectivity index (χ4v) is 13.3. The Morgan fingerprint density at radius 3 is 0.942 bits per heavy atom. The highest BCUT2D eigenvalue weighted by Gasteiger charge is 2.29. The Kier molecular flexibility index (Phi) is 51.9. The lowest BCUT2D eigenvalue weighted by Gasteiger charge is -2.24. The van der Waals surface area contributed by atoms with Gasteiger partial charge in [0.15, 0.2) is 12.2 Å².